The molecule has 0 spiro atoms. The van der Waals surface area contributed by atoms with Crippen LogP contribution in [-0.2, 0) is 11.2 Å². The quantitative estimate of drug-likeness (QED) is 0.421. The van der Waals surface area contributed by atoms with Crippen molar-refractivity contribution in [3.8, 4) is 0 Å². The van der Waals surface area contributed by atoms with Gasteiger partial charge in [-0.1, -0.05) is 38.3 Å². The van der Waals surface area contributed by atoms with Crippen molar-refractivity contribution >= 4 is 23.2 Å². The summed E-state index contributed by atoms with van der Waals surface area (Å²) in [6.07, 6.45) is 6.22. The molecule has 0 aliphatic carbocycles. The van der Waals surface area contributed by atoms with Gasteiger partial charge < -0.3 is 15.1 Å². The highest BCUT2D eigenvalue weighted by Crippen LogP contribution is 2.34. The van der Waals surface area contributed by atoms with Crippen molar-refractivity contribution in [1.29, 1.82) is 0 Å². The molecule has 1 fully saturated rings. The second-order valence-electron chi connectivity index (χ2n) is 7.10. The summed E-state index contributed by atoms with van der Waals surface area (Å²) in [5.41, 5.74) is 0. The third-order valence-electron chi connectivity index (χ3n) is 4.79. The minimum absolute atomic E-state index is 0.162. The van der Waals surface area contributed by atoms with Crippen molar-refractivity contribution in [2.45, 2.75) is 69.9 Å². The van der Waals surface area contributed by atoms with Gasteiger partial charge in [-0.25, -0.2) is 4.79 Å². The Bertz CT molecular complexity index is 704. The number of unbranched alkanes of at least 4 members (excludes halogenated alkanes) is 2. The molecule has 1 saturated heterocycles. The van der Waals surface area contributed by atoms with Crippen molar-refractivity contribution in [1.82, 2.24) is 4.90 Å². The summed E-state index contributed by atoms with van der Waals surface area (Å²) in [6, 6.07) is 2.49. The number of hydrogen-bond donors (Lipinski definition) is 2. The minimum atomic E-state index is -3.39. The number of aromatic carboxylic acids is 1. The SMILES string of the molecule is CCCCCC(O)/C=C/[C@H]1CC(F)(F)C(=O)N1CCCc1ccc(C(=O)O)s1. The van der Waals surface area contributed by atoms with Gasteiger partial charge in [-0.15, -0.1) is 11.3 Å². The van der Waals surface area contributed by atoms with Gasteiger partial charge in [0.25, 0.3) is 5.91 Å². The van der Waals surface area contributed by atoms with Crippen LogP contribution in [-0.4, -0.2) is 51.6 Å². The number of aryl methyl sites for hydroxylation is 1. The van der Waals surface area contributed by atoms with Gasteiger partial charge in [0.2, 0.25) is 0 Å². The number of carboxylic acids is 1. The Morgan fingerprint density at radius 2 is 2.14 bits per heavy atom. The maximum atomic E-state index is 13.9. The molecular formula is C20H27F2NO4S. The summed E-state index contributed by atoms with van der Waals surface area (Å²) in [5, 5.41) is 18.9. The molecular weight excluding hydrogens is 388 g/mol. The predicted octanol–water partition coefficient (Wildman–Crippen LogP) is 4.11. The van der Waals surface area contributed by atoms with Gasteiger partial charge in [0.15, 0.2) is 0 Å². The molecule has 2 rings (SSSR count). The van der Waals surface area contributed by atoms with Crippen molar-refractivity contribution in [2.75, 3.05) is 6.54 Å². The number of rotatable bonds is 11. The van der Waals surface area contributed by atoms with Gasteiger partial charge in [-0.05, 0) is 31.4 Å². The summed E-state index contributed by atoms with van der Waals surface area (Å²) < 4.78 is 27.8. The first-order chi connectivity index (χ1) is 13.2. The molecule has 8 heteroatoms. The number of thiophene rings is 1. The molecule has 2 N–H and O–H groups in total. The van der Waals surface area contributed by atoms with Gasteiger partial charge >= 0.3 is 11.9 Å². The lowest BCUT2D eigenvalue weighted by Gasteiger charge is -2.21. The van der Waals surface area contributed by atoms with E-state index in [9.17, 15) is 23.5 Å². The zero-order valence-electron chi connectivity index (χ0n) is 15.9. The summed E-state index contributed by atoms with van der Waals surface area (Å²) >= 11 is 1.15. The third-order valence-corrected chi connectivity index (χ3v) is 5.93. The smallest absolute Gasteiger partial charge is 0.345 e. The number of carbonyl (C=O) groups is 2. The van der Waals surface area contributed by atoms with Crippen LogP contribution in [0.4, 0.5) is 8.78 Å². The summed E-state index contributed by atoms with van der Waals surface area (Å²) in [5.74, 6) is -5.56. The van der Waals surface area contributed by atoms with Gasteiger partial charge in [-0.2, -0.15) is 8.78 Å². The first-order valence-corrected chi connectivity index (χ1v) is 10.4. The van der Waals surface area contributed by atoms with Crippen molar-refractivity contribution in [2.24, 2.45) is 0 Å². The normalized spacial score (nSPS) is 20.2. The van der Waals surface area contributed by atoms with E-state index in [1.165, 1.54) is 23.1 Å². The zero-order valence-corrected chi connectivity index (χ0v) is 16.8. The number of carboxylic acid groups (broad SMARTS) is 1. The zero-order chi connectivity index (χ0) is 20.7. The molecule has 1 aliphatic rings. The molecule has 0 bridgehead atoms. The molecule has 1 aliphatic heterocycles. The lowest BCUT2D eigenvalue weighted by atomic mass is 10.1. The first kappa shape index (κ1) is 22.5. The van der Waals surface area contributed by atoms with Crippen LogP contribution in [0, 0.1) is 0 Å². The molecule has 1 unspecified atom stereocenters. The minimum Gasteiger partial charge on any atom is -0.477 e. The number of nitrogens with zero attached hydrogens (tertiary/aromatic N) is 1. The maximum absolute atomic E-state index is 13.9. The van der Waals surface area contributed by atoms with Crippen LogP contribution in [0.5, 0.6) is 0 Å². The molecule has 1 aromatic heterocycles. The third kappa shape index (κ3) is 6.10. The number of hydrogen-bond acceptors (Lipinski definition) is 4. The van der Waals surface area contributed by atoms with Gasteiger partial charge in [-0.3, -0.25) is 4.79 Å². The predicted molar refractivity (Wildman–Crippen MR) is 104 cm³/mol. The monoisotopic (exact) mass is 415 g/mol. The average molecular weight is 416 g/mol. The second-order valence-corrected chi connectivity index (χ2v) is 8.27. The highest BCUT2D eigenvalue weighted by molar-refractivity contribution is 7.13. The van der Waals surface area contributed by atoms with Crippen LogP contribution < -0.4 is 0 Å². The van der Waals surface area contributed by atoms with Gasteiger partial charge in [0.1, 0.15) is 4.88 Å². The fourth-order valence-electron chi connectivity index (χ4n) is 3.27. The number of halogens is 2. The summed E-state index contributed by atoms with van der Waals surface area (Å²) in [6.45, 7) is 2.22. The Hall–Kier alpha value is -1.80. The lowest BCUT2D eigenvalue weighted by molar-refractivity contribution is -0.148. The Balaban J connectivity index is 1.92. The van der Waals surface area contributed by atoms with E-state index < -0.39 is 36.4 Å². The molecule has 0 saturated carbocycles. The van der Waals surface area contributed by atoms with Crippen LogP contribution in [0.2, 0.25) is 0 Å². The van der Waals surface area contributed by atoms with E-state index in [0.717, 1.165) is 35.5 Å². The van der Waals surface area contributed by atoms with E-state index in [0.29, 0.717) is 19.3 Å². The fraction of sp³-hybridized carbons (Fsp3) is 0.600. The van der Waals surface area contributed by atoms with Crippen LogP contribution >= 0.6 is 11.3 Å². The van der Waals surface area contributed by atoms with Crippen molar-refractivity contribution < 1.29 is 28.6 Å². The van der Waals surface area contributed by atoms with E-state index >= 15 is 0 Å². The average Bonchev–Trinajstić information content (AvgIpc) is 3.18. The van der Waals surface area contributed by atoms with Crippen LogP contribution in [0.3, 0.4) is 0 Å². The number of aliphatic hydroxyl groups excluding tert-OH is 1. The van der Waals surface area contributed by atoms with Crippen LogP contribution in [0.15, 0.2) is 24.3 Å². The van der Waals surface area contributed by atoms with Gasteiger partial charge in [0, 0.05) is 17.8 Å². The number of likely N-dealkylation sites (tertiary alicyclic amines) is 1. The fourth-order valence-corrected chi connectivity index (χ4v) is 4.16. The maximum Gasteiger partial charge on any atom is 0.345 e. The standard InChI is InChI=1S/C20H27F2NO4S/c1-2-3-4-6-15(24)9-8-14-13-20(21,22)19(27)23(14)12-5-7-16-10-11-17(28-16)18(25)26/h8-11,14-15,24H,2-7,12-13H2,1H3,(H,25,26)/b9-8+/t14-,15?/m0/s1. The second kappa shape index (κ2) is 10.1. The summed E-state index contributed by atoms with van der Waals surface area (Å²) in [7, 11) is 0. The molecule has 0 radical (unpaired) electrons. The molecule has 2 atom stereocenters. The van der Waals surface area contributed by atoms with Crippen LogP contribution in [0.25, 0.3) is 0 Å². The number of alkyl halides is 2. The molecule has 28 heavy (non-hydrogen) atoms. The first-order valence-electron chi connectivity index (χ1n) is 9.62. The molecule has 2 heterocycles. The Morgan fingerprint density at radius 1 is 1.39 bits per heavy atom. The van der Waals surface area contributed by atoms with E-state index in [1.807, 2.05) is 0 Å². The topological polar surface area (TPSA) is 77.8 Å². The molecule has 156 valence electrons. The van der Waals surface area contributed by atoms with E-state index in [4.69, 9.17) is 5.11 Å². The Kier molecular flexibility index (Phi) is 8.12. The van der Waals surface area contributed by atoms with Crippen LogP contribution in [0.1, 0.15) is 60.0 Å². The van der Waals surface area contributed by atoms with Gasteiger partial charge in [0.05, 0.1) is 12.1 Å². The van der Waals surface area contributed by atoms with Crippen molar-refractivity contribution in [3.63, 3.8) is 0 Å². The Morgan fingerprint density at radius 3 is 2.79 bits per heavy atom. The van der Waals surface area contributed by atoms with E-state index in [1.54, 1.807) is 6.07 Å². The molecule has 1 aromatic rings. The molecule has 0 aromatic carbocycles. The number of aliphatic hydroxyl groups is 1. The highest BCUT2D eigenvalue weighted by Gasteiger charge is 2.52. The summed E-state index contributed by atoms with van der Waals surface area (Å²) in [4.78, 5) is 25.2. The van der Waals surface area contributed by atoms with Crippen molar-refractivity contribution in [3.05, 3.63) is 34.0 Å². The molecule has 1 amide bonds. The largest absolute Gasteiger partial charge is 0.477 e. The number of carbonyl (C=O) groups excluding carboxylic acids is 1. The lowest BCUT2D eigenvalue weighted by Crippen LogP contribution is -2.36. The van der Waals surface area contributed by atoms with E-state index in [-0.39, 0.29) is 11.4 Å². The molecule has 5 nitrogen and oxygen atoms in total. The highest BCUT2D eigenvalue weighted by atomic mass is 32.1. The van der Waals surface area contributed by atoms with E-state index in [2.05, 4.69) is 6.92 Å². The number of amides is 1. The Labute approximate surface area is 167 Å².